The molecule has 8 heteroatoms. The predicted octanol–water partition coefficient (Wildman–Crippen LogP) is 3.81. The number of anilines is 3. The van der Waals surface area contributed by atoms with Crippen LogP contribution in [0, 0.1) is 0 Å². The topological polar surface area (TPSA) is 106 Å². The van der Waals surface area contributed by atoms with Crippen molar-refractivity contribution in [2.75, 3.05) is 17.7 Å². The molecule has 0 fully saturated rings. The molecule has 0 saturated carbocycles. The Morgan fingerprint density at radius 2 is 1.77 bits per heavy atom. The Balaban J connectivity index is 1.54. The predicted molar refractivity (Wildman–Crippen MR) is 113 cm³/mol. The van der Waals surface area contributed by atoms with E-state index in [2.05, 4.69) is 25.6 Å². The number of aromatic nitrogens is 3. The molecule has 2 aromatic carbocycles. The zero-order valence-electron chi connectivity index (χ0n) is 16.0. The zero-order chi connectivity index (χ0) is 20.9. The van der Waals surface area contributed by atoms with Gasteiger partial charge in [0.25, 0.3) is 5.91 Å². The van der Waals surface area contributed by atoms with Crippen molar-refractivity contribution in [3.63, 3.8) is 0 Å². The summed E-state index contributed by atoms with van der Waals surface area (Å²) in [5.41, 5.74) is 2.45. The first-order valence-corrected chi connectivity index (χ1v) is 9.07. The fourth-order valence-corrected chi connectivity index (χ4v) is 2.91. The number of methoxy groups -OCH3 is 1. The Bertz CT molecular complexity index is 1240. The van der Waals surface area contributed by atoms with E-state index in [1.807, 2.05) is 24.3 Å². The number of carbonyl (C=O) groups is 2. The van der Waals surface area contributed by atoms with Gasteiger partial charge in [-0.1, -0.05) is 24.3 Å². The average molecular weight is 399 g/mol. The van der Waals surface area contributed by atoms with Crippen LogP contribution in [0.25, 0.3) is 10.9 Å². The molecule has 0 unspecified atom stereocenters. The monoisotopic (exact) mass is 399 g/mol. The number of ether oxygens (including phenoxy) is 1. The third-order valence-corrected chi connectivity index (χ3v) is 4.31. The van der Waals surface area contributed by atoms with E-state index in [-0.39, 0.29) is 17.5 Å². The first-order valence-electron chi connectivity index (χ1n) is 9.07. The number of rotatable bonds is 5. The highest BCUT2D eigenvalue weighted by atomic mass is 16.5. The molecule has 148 valence electrons. The van der Waals surface area contributed by atoms with Crippen LogP contribution in [0.5, 0.6) is 0 Å². The lowest BCUT2D eigenvalue weighted by atomic mass is 10.2. The SMILES string of the molecule is COC(=O)c1cccc(Nc2nccc(C(=O)Nc3cccc4cccnc34)n2)c1. The minimum Gasteiger partial charge on any atom is -0.465 e. The van der Waals surface area contributed by atoms with Gasteiger partial charge < -0.3 is 15.4 Å². The number of pyridine rings is 1. The van der Waals surface area contributed by atoms with Gasteiger partial charge in [0.2, 0.25) is 5.95 Å². The van der Waals surface area contributed by atoms with Crippen molar-refractivity contribution in [3.05, 3.63) is 84.3 Å². The average Bonchev–Trinajstić information content (AvgIpc) is 2.79. The molecular formula is C22H17N5O3. The maximum absolute atomic E-state index is 12.7. The van der Waals surface area contributed by atoms with Crippen LogP contribution in [0.2, 0.25) is 0 Å². The summed E-state index contributed by atoms with van der Waals surface area (Å²) in [5.74, 6) is -0.612. The maximum Gasteiger partial charge on any atom is 0.337 e. The fraction of sp³-hybridized carbons (Fsp3) is 0.0455. The molecule has 0 bridgehead atoms. The minimum atomic E-state index is -0.448. The summed E-state index contributed by atoms with van der Waals surface area (Å²) >= 11 is 0. The van der Waals surface area contributed by atoms with Gasteiger partial charge >= 0.3 is 5.97 Å². The van der Waals surface area contributed by atoms with Crippen molar-refractivity contribution in [3.8, 4) is 0 Å². The number of amides is 1. The van der Waals surface area contributed by atoms with E-state index in [4.69, 9.17) is 4.74 Å². The van der Waals surface area contributed by atoms with Crippen molar-refractivity contribution in [1.29, 1.82) is 0 Å². The van der Waals surface area contributed by atoms with Crippen LogP contribution in [0.1, 0.15) is 20.8 Å². The third-order valence-electron chi connectivity index (χ3n) is 4.31. The van der Waals surface area contributed by atoms with Crippen molar-refractivity contribution < 1.29 is 14.3 Å². The van der Waals surface area contributed by atoms with Crippen molar-refractivity contribution in [2.24, 2.45) is 0 Å². The second kappa shape index (κ2) is 8.36. The van der Waals surface area contributed by atoms with Crippen LogP contribution < -0.4 is 10.6 Å². The van der Waals surface area contributed by atoms with Gasteiger partial charge in [0.15, 0.2) is 0 Å². The molecule has 2 N–H and O–H groups in total. The molecule has 0 aliphatic carbocycles. The number of benzene rings is 2. The standard InChI is InChI=1S/C22H17N5O3/c1-30-21(29)15-6-2-8-16(13-15)25-22-24-12-10-18(27-22)20(28)26-17-9-3-5-14-7-4-11-23-19(14)17/h2-13H,1H3,(H,26,28)(H,24,25,27). The van der Waals surface area contributed by atoms with Gasteiger partial charge in [0, 0.05) is 23.5 Å². The number of nitrogens with one attached hydrogen (secondary N) is 2. The molecule has 0 aliphatic heterocycles. The van der Waals surface area contributed by atoms with Gasteiger partial charge in [-0.2, -0.15) is 0 Å². The van der Waals surface area contributed by atoms with Gasteiger partial charge in [-0.15, -0.1) is 0 Å². The summed E-state index contributed by atoms with van der Waals surface area (Å²) in [6.07, 6.45) is 3.16. The molecule has 0 atom stereocenters. The molecule has 0 aliphatic rings. The number of nitrogens with zero attached hydrogens (tertiary/aromatic N) is 3. The number of esters is 1. The van der Waals surface area contributed by atoms with Crippen molar-refractivity contribution >= 4 is 40.1 Å². The van der Waals surface area contributed by atoms with E-state index in [0.717, 1.165) is 5.39 Å². The van der Waals surface area contributed by atoms with Gasteiger partial charge in [-0.05, 0) is 36.4 Å². The Hall–Kier alpha value is -4.33. The third kappa shape index (κ3) is 4.07. The molecule has 1 amide bonds. The van der Waals surface area contributed by atoms with E-state index in [1.165, 1.54) is 19.4 Å². The molecule has 2 aromatic heterocycles. The Morgan fingerprint density at radius 1 is 0.933 bits per heavy atom. The number of fused-ring (bicyclic) bond motifs is 1. The normalized spacial score (nSPS) is 10.4. The Kier molecular flexibility index (Phi) is 5.29. The Labute approximate surface area is 172 Å². The molecule has 8 nitrogen and oxygen atoms in total. The van der Waals surface area contributed by atoms with Gasteiger partial charge in [-0.3, -0.25) is 9.78 Å². The van der Waals surface area contributed by atoms with Gasteiger partial charge in [0.1, 0.15) is 5.69 Å². The highest BCUT2D eigenvalue weighted by Crippen LogP contribution is 2.21. The highest BCUT2D eigenvalue weighted by Gasteiger charge is 2.12. The lowest BCUT2D eigenvalue weighted by Crippen LogP contribution is -2.15. The molecule has 2 heterocycles. The van der Waals surface area contributed by atoms with Crippen LogP contribution in [0.4, 0.5) is 17.3 Å². The smallest absolute Gasteiger partial charge is 0.337 e. The summed E-state index contributed by atoms with van der Waals surface area (Å²) in [6, 6.07) is 17.6. The van der Waals surface area contributed by atoms with Crippen LogP contribution in [0.15, 0.2) is 73.1 Å². The van der Waals surface area contributed by atoms with Crippen LogP contribution in [-0.4, -0.2) is 33.9 Å². The molecule has 0 spiro atoms. The highest BCUT2D eigenvalue weighted by molar-refractivity contribution is 6.07. The molecular weight excluding hydrogens is 382 g/mol. The summed E-state index contributed by atoms with van der Waals surface area (Å²) in [6.45, 7) is 0. The number of hydrogen-bond acceptors (Lipinski definition) is 7. The van der Waals surface area contributed by atoms with E-state index < -0.39 is 5.97 Å². The summed E-state index contributed by atoms with van der Waals surface area (Å²) in [5, 5.41) is 6.76. The summed E-state index contributed by atoms with van der Waals surface area (Å²) in [4.78, 5) is 37.2. The first-order chi connectivity index (χ1) is 14.6. The van der Waals surface area contributed by atoms with Gasteiger partial charge in [0.05, 0.1) is 23.9 Å². The molecule has 0 saturated heterocycles. The summed E-state index contributed by atoms with van der Waals surface area (Å²) < 4.78 is 4.72. The van der Waals surface area contributed by atoms with Crippen molar-refractivity contribution in [1.82, 2.24) is 15.0 Å². The lowest BCUT2D eigenvalue weighted by Gasteiger charge is -2.09. The van der Waals surface area contributed by atoms with Crippen LogP contribution in [-0.2, 0) is 4.74 Å². The van der Waals surface area contributed by atoms with Crippen LogP contribution in [0.3, 0.4) is 0 Å². The van der Waals surface area contributed by atoms with E-state index in [0.29, 0.717) is 22.5 Å². The molecule has 4 rings (SSSR count). The summed E-state index contributed by atoms with van der Waals surface area (Å²) in [7, 11) is 1.32. The Morgan fingerprint density at radius 3 is 2.63 bits per heavy atom. The van der Waals surface area contributed by atoms with E-state index in [9.17, 15) is 9.59 Å². The zero-order valence-corrected chi connectivity index (χ0v) is 16.0. The van der Waals surface area contributed by atoms with Crippen molar-refractivity contribution in [2.45, 2.75) is 0 Å². The first kappa shape index (κ1) is 19.0. The minimum absolute atomic E-state index is 0.185. The second-order valence-corrected chi connectivity index (χ2v) is 6.30. The number of hydrogen-bond donors (Lipinski definition) is 2. The van der Waals surface area contributed by atoms with Gasteiger partial charge in [-0.25, -0.2) is 14.8 Å². The maximum atomic E-state index is 12.7. The number of para-hydroxylation sites is 1. The lowest BCUT2D eigenvalue weighted by molar-refractivity contribution is 0.0600. The van der Waals surface area contributed by atoms with E-state index in [1.54, 1.807) is 36.5 Å². The number of carbonyl (C=O) groups excluding carboxylic acids is 2. The fourth-order valence-electron chi connectivity index (χ4n) is 2.91. The quantitative estimate of drug-likeness (QED) is 0.492. The molecule has 0 radical (unpaired) electrons. The largest absolute Gasteiger partial charge is 0.465 e. The second-order valence-electron chi connectivity index (χ2n) is 6.30. The van der Waals surface area contributed by atoms with E-state index >= 15 is 0 Å². The van der Waals surface area contributed by atoms with Crippen LogP contribution >= 0.6 is 0 Å². The molecule has 4 aromatic rings. The molecule has 30 heavy (non-hydrogen) atoms.